The highest BCUT2D eigenvalue weighted by Gasteiger charge is 2.12. The van der Waals surface area contributed by atoms with Crippen molar-refractivity contribution >= 4 is 17.0 Å². The molecule has 2 aromatic heterocycles. The summed E-state index contributed by atoms with van der Waals surface area (Å²) in [5.41, 5.74) is 8.52. The van der Waals surface area contributed by atoms with Crippen molar-refractivity contribution in [1.29, 1.82) is 0 Å². The number of hydrogen-bond acceptors (Lipinski definition) is 5. The number of hydrogen-bond donors (Lipinski definition) is 1. The minimum absolute atomic E-state index is 0.284. The lowest BCUT2D eigenvalue weighted by Crippen LogP contribution is -1.80. The molecule has 0 atom stereocenters. The molecule has 0 unspecified atom stereocenters. The molecule has 2 N–H and O–H groups in total. The van der Waals surface area contributed by atoms with Gasteiger partial charge in [0.05, 0.1) is 0 Å². The van der Waals surface area contributed by atoms with E-state index in [1.165, 1.54) is 0 Å². The molecular weight excluding hydrogens is 206 g/mol. The number of anilines is 1. The van der Waals surface area contributed by atoms with Gasteiger partial charge in [-0.2, -0.15) is 0 Å². The molecule has 0 fully saturated rings. The van der Waals surface area contributed by atoms with E-state index < -0.39 is 0 Å². The summed E-state index contributed by atoms with van der Waals surface area (Å²) in [6.07, 6.45) is 0. The Hall–Kier alpha value is -2.30. The molecule has 1 aromatic carbocycles. The second kappa shape index (κ2) is 3.10. The van der Waals surface area contributed by atoms with Crippen LogP contribution in [0.25, 0.3) is 22.4 Å². The van der Waals surface area contributed by atoms with E-state index in [4.69, 9.17) is 14.7 Å². The quantitative estimate of drug-likeness (QED) is 0.674. The largest absolute Gasteiger partial charge is 0.441 e. The van der Waals surface area contributed by atoms with Crippen molar-refractivity contribution < 1.29 is 8.94 Å². The van der Waals surface area contributed by atoms with Gasteiger partial charge >= 0.3 is 0 Å². The van der Waals surface area contributed by atoms with Gasteiger partial charge in [0.25, 0.3) is 0 Å². The van der Waals surface area contributed by atoms with Crippen LogP contribution in [-0.4, -0.2) is 10.1 Å². The lowest BCUT2D eigenvalue weighted by molar-refractivity contribution is 0.439. The van der Waals surface area contributed by atoms with Crippen molar-refractivity contribution in [1.82, 2.24) is 10.1 Å². The Bertz CT molecular complexity index is 654. The monoisotopic (exact) mass is 215 g/mol. The van der Waals surface area contributed by atoms with Gasteiger partial charge in [-0.05, 0) is 6.07 Å². The van der Waals surface area contributed by atoms with Crippen molar-refractivity contribution in [3.63, 3.8) is 0 Å². The van der Waals surface area contributed by atoms with Crippen molar-refractivity contribution in [3.05, 3.63) is 30.2 Å². The van der Waals surface area contributed by atoms with E-state index in [0.717, 1.165) is 16.7 Å². The maximum Gasteiger partial charge on any atom is 0.222 e. The van der Waals surface area contributed by atoms with Gasteiger partial charge < -0.3 is 14.7 Å². The van der Waals surface area contributed by atoms with Gasteiger partial charge in [0.2, 0.25) is 5.88 Å². The molecule has 5 nitrogen and oxygen atoms in total. The lowest BCUT2D eigenvalue weighted by Gasteiger charge is -1.94. The predicted molar refractivity (Wildman–Crippen MR) is 58.7 cm³/mol. The average molecular weight is 215 g/mol. The zero-order valence-electron chi connectivity index (χ0n) is 8.60. The Morgan fingerprint density at radius 3 is 2.94 bits per heavy atom. The first-order chi connectivity index (χ1) is 7.74. The highest BCUT2D eigenvalue weighted by molar-refractivity contribution is 5.89. The van der Waals surface area contributed by atoms with Crippen molar-refractivity contribution in [2.75, 3.05) is 5.73 Å². The third kappa shape index (κ3) is 1.25. The number of nitrogen functional groups attached to an aromatic ring is 1. The lowest BCUT2D eigenvalue weighted by atomic mass is 10.1. The maximum absolute atomic E-state index is 5.49. The van der Waals surface area contributed by atoms with Gasteiger partial charge in [-0.1, -0.05) is 17.3 Å². The van der Waals surface area contributed by atoms with Crippen molar-refractivity contribution in [2.24, 2.45) is 0 Å². The first-order valence-electron chi connectivity index (χ1n) is 4.83. The third-order valence-electron chi connectivity index (χ3n) is 2.33. The van der Waals surface area contributed by atoms with Gasteiger partial charge in [0.1, 0.15) is 11.2 Å². The molecule has 0 amide bonds. The fourth-order valence-corrected chi connectivity index (χ4v) is 1.68. The topological polar surface area (TPSA) is 78.1 Å². The molecule has 0 aliphatic rings. The maximum atomic E-state index is 5.49. The summed E-state index contributed by atoms with van der Waals surface area (Å²) in [5, 5.41) is 3.86. The molecule has 0 aliphatic carbocycles. The number of aromatic nitrogens is 2. The summed E-state index contributed by atoms with van der Waals surface area (Å²) in [6, 6.07) is 7.32. The number of fused-ring (bicyclic) bond motifs is 1. The molecule has 2 heterocycles. The van der Waals surface area contributed by atoms with Crippen LogP contribution in [0.2, 0.25) is 0 Å². The summed E-state index contributed by atoms with van der Waals surface area (Å²) < 4.78 is 10.3. The van der Waals surface area contributed by atoms with Gasteiger partial charge in [-0.25, -0.2) is 4.98 Å². The fraction of sp³-hybridized carbons (Fsp3) is 0.0909. The molecule has 0 aliphatic heterocycles. The second-order valence-corrected chi connectivity index (χ2v) is 3.50. The number of benzene rings is 1. The van der Waals surface area contributed by atoms with E-state index in [2.05, 4.69) is 10.1 Å². The molecule has 5 heteroatoms. The molecule has 0 saturated heterocycles. The standard InChI is InChI=1S/C11H9N3O2/c1-6-13-11-7(3-2-4-9(11)15-6)8-5-10(12)16-14-8/h2-5H,12H2,1H3. The summed E-state index contributed by atoms with van der Waals surface area (Å²) >= 11 is 0. The van der Waals surface area contributed by atoms with Crippen LogP contribution in [0.4, 0.5) is 5.88 Å². The molecule has 3 rings (SSSR count). The minimum Gasteiger partial charge on any atom is -0.441 e. The van der Waals surface area contributed by atoms with Crippen LogP contribution in [0.5, 0.6) is 0 Å². The first-order valence-corrected chi connectivity index (χ1v) is 4.83. The Morgan fingerprint density at radius 2 is 2.19 bits per heavy atom. The number of aryl methyl sites for hydroxylation is 1. The normalized spacial score (nSPS) is 11.1. The summed E-state index contributed by atoms with van der Waals surface area (Å²) in [7, 11) is 0. The Kier molecular flexibility index (Phi) is 1.73. The SMILES string of the molecule is Cc1nc2c(-c3cc(N)on3)cccc2o1. The molecule has 0 bridgehead atoms. The molecule has 3 aromatic rings. The summed E-state index contributed by atoms with van der Waals surface area (Å²) in [4.78, 5) is 4.31. The first kappa shape index (κ1) is 8.96. The molecule has 80 valence electrons. The number of nitrogens with two attached hydrogens (primary N) is 1. The third-order valence-corrected chi connectivity index (χ3v) is 2.33. The van der Waals surface area contributed by atoms with Crippen molar-refractivity contribution in [3.8, 4) is 11.3 Å². The van der Waals surface area contributed by atoms with E-state index >= 15 is 0 Å². The Morgan fingerprint density at radius 1 is 1.31 bits per heavy atom. The number of rotatable bonds is 1. The van der Waals surface area contributed by atoms with E-state index in [0.29, 0.717) is 11.6 Å². The van der Waals surface area contributed by atoms with Gasteiger partial charge in [-0.3, -0.25) is 0 Å². The number of oxazole rings is 1. The predicted octanol–water partition coefficient (Wildman–Crippen LogP) is 2.37. The minimum atomic E-state index is 0.284. The second-order valence-electron chi connectivity index (χ2n) is 3.50. The van der Waals surface area contributed by atoms with Crippen LogP contribution in [0.15, 0.2) is 33.2 Å². The van der Waals surface area contributed by atoms with E-state index in [9.17, 15) is 0 Å². The summed E-state index contributed by atoms with van der Waals surface area (Å²) in [6.45, 7) is 1.81. The van der Waals surface area contributed by atoms with E-state index in [1.807, 2.05) is 18.2 Å². The van der Waals surface area contributed by atoms with Gasteiger partial charge in [0, 0.05) is 18.6 Å². The average Bonchev–Trinajstić information content (AvgIpc) is 2.82. The molecule has 0 saturated carbocycles. The van der Waals surface area contributed by atoms with Crippen LogP contribution in [0.3, 0.4) is 0 Å². The van der Waals surface area contributed by atoms with Crippen LogP contribution >= 0.6 is 0 Å². The highest BCUT2D eigenvalue weighted by atomic mass is 16.5. The van der Waals surface area contributed by atoms with E-state index in [-0.39, 0.29) is 5.88 Å². The van der Waals surface area contributed by atoms with E-state index in [1.54, 1.807) is 13.0 Å². The van der Waals surface area contributed by atoms with Crippen LogP contribution in [0.1, 0.15) is 5.89 Å². The number of para-hydroxylation sites is 1. The van der Waals surface area contributed by atoms with Crippen LogP contribution < -0.4 is 5.73 Å². The van der Waals surface area contributed by atoms with Crippen LogP contribution in [0, 0.1) is 6.92 Å². The molecular formula is C11H9N3O2. The smallest absolute Gasteiger partial charge is 0.222 e. The highest BCUT2D eigenvalue weighted by Crippen LogP contribution is 2.28. The van der Waals surface area contributed by atoms with Crippen molar-refractivity contribution in [2.45, 2.75) is 6.92 Å². The van der Waals surface area contributed by atoms with Crippen LogP contribution in [-0.2, 0) is 0 Å². The number of nitrogens with zero attached hydrogens (tertiary/aromatic N) is 2. The van der Waals surface area contributed by atoms with Gasteiger partial charge in [0.15, 0.2) is 11.5 Å². The zero-order chi connectivity index (χ0) is 11.1. The Labute approximate surface area is 90.9 Å². The molecule has 16 heavy (non-hydrogen) atoms. The zero-order valence-corrected chi connectivity index (χ0v) is 8.60. The summed E-state index contributed by atoms with van der Waals surface area (Å²) in [5.74, 6) is 0.908. The fourth-order valence-electron chi connectivity index (χ4n) is 1.68. The Balaban J connectivity index is 2.30. The van der Waals surface area contributed by atoms with Gasteiger partial charge in [-0.15, -0.1) is 0 Å². The molecule has 0 radical (unpaired) electrons. The molecule has 0 spiro atoms.